The summed E-state index contributed by atoms with van der Waals surface area (Å²) in [7, 11) is 1.51. The molecule has 0 saturated heterocycles. The fraction of sp³-hybridized carbons (Fsp3) is 0.333. The van der Waals surface area contributed by atoms with Crippen LogP contribution in [-0.2, 0) is 11.3 Å². The van der Waals surface area contributed by atoms with Crippen molar-refractivity contribution in [1.82, 2.24) is 20.9 Å². The lowest BCUT2D eigenvalue weighted by Crippen LogP contribution is -2.62. The van der Waals surface area contributed by atoms with Gasteiger partial charge < -0.3 is 20.5 Å². The molecule has 37 heavy (non-hydrogen) atoms. The summed E-state index contributed by atoms with van der Waals surface area (Å²) in [6.07, 6.45) is -1.07. The number of benzene rings is 2. The third kappa shape index (κ3) is 8.16. The number of anilines is 1. The molecule has 0 aromatic heterocycles. The van der Waals surface area contributed by atoms with Crippen LogP contribution in [0.25, 0.3) is 0 Å². The molecule has 198 valence electrons. The summed E-state index contributed by atoms with van der Waals surface area (Å²) in [6.45, 7) is 4.12. The minimum atomic E-state index is -0.976. The van der Waals surface area contributed by atoms with Gasteiger partial charge in [0, 0.05) is 12.6 Å². The molecule has 13 heteroatoms. The van der Waals surface area contributed by atoms with Crippen molar-refractivity contribution in [2.75, 3.05) is 19.0 Å². The normalized spacial score (nSPS) is 16.2. The number of hydrogen-bond donors (Lipinski definition) is 5. The number of methoxy groups -OCH3 is 1. The number of aliphatic imine (C=N–C) groups is 2. The van der Waals surface area contributed by atoms with Gasteiger partial charge in [0.1, 0.15) is 5.75 Å². The third-order valence-electron chi connectivity index (χ3n) is 5.01. The maximum Gasteiger partial charge on any atom is 0.322 e. The molecule has 0 aliphatic carbocycles. The standard InChI is InChI=1S/C24H29Cl2N7O4/c1-14(2)28-21-30-22(27-11-10-20(34)35)33(13-15-8-9-16(25)17(26)12-15)23(31-21)32-24(36)29-18-6-4-5-7-19(18)37-3/h4-9,12,14,23H,10-11,13H2,1-3H3,(H,34,35)(H2,29,32,36)(H2,27,28,30,31). The Bertz CT molecular complexity index is 1190. The number of carbonyl (C=O) groups is 2. The van der Waals surface area contributed by atoms with Crippen molar-refractivity contribution in [1.29, 1.82) is 0 Å². The number of urea groups is 1. The van der Waals surface area contributed by atoms with Gasteiger partial charge >= 0.3 is 12.0 Å². The van der Waals surface area contributed by atoms with E-state index in [4.69, 9.17) is 33.0 Å². The predicted molar refractivity (Wildman–Crippen MR) is 144 cm³/mol. The highest BCUT2D eigenvalue weighted by atomic mass is 35.5. The van der Waals surface area contributed by atoms with E-state index in [0.29, 0.717) is 33.4 Å². The Morgan fingerprint density at radius 1 is 1.22 bits per heavy atom. The molecule has 3 rings (SSSR count). The molecular formula is C24H29Cl2N7O4. The van der Waals surface area contributed by atoms with Crippen LogP contribution in [0.1, 0.15) is 25.8 Å². The van der Waals surface area contributed by atoms with Crippen LogP contribution >= 0.6 is 23.2 Å². The molecule has 0 bridgehead atoms. The van der Waals surface area contributed by atoms with Gasteiger partial charge in [-0.05, 0) is 43.7 Å². The van der Waals surface area contributed by atoms with Gasteiger partial charge in [-0.1, -0.05) is 41.4 Å². The van der Waals surface area contributed by atoms with Crippen molar-refractivity contribution in [2.45, 2.75) is 39.1 Å². The van der Waals surface area contributed by atoms with Gasteiger partial charge in [0.15, 0.2) is 0 Å². The lowest BCUT2D eigenvalue weighted by atomic mass is 10.2. The lowest BCUT2D eigenvalue weighted by molar-refractivity contribution is -0.136. The number of amides is 2. The molecule has 0 saturated carbocycles. The average molecular weight is 550 g/mol. The molecule has 2 aromatic carbocycles. The van der Waals surface area contributed by atoms with E-state index in [1.54, 1.807) is 47.4 Å². The highest BCUT2D eigenvalue weighted by Crippen LogP contribution is 2.25. The summed E-state index contributed by atoms with van der Waals surface area (Å²) in [6, 6.07) is 11.7. The smallest absolute Gasteiger partial charge is 0.322 e. The van der Waals surface area contributed by atoms with Gasteiger partial charge in [-0.15, -0.1) is 0 Å². The summed E-state index contributed by atoms with van der Waals surface area (Å²) in [5.74, 6) is 0.221. The van der Waals surface area contributed by atoms with Crippen molar-refractivity contribution in [3.63, 3.8) is 0 Å². The second-order valence-electron chi connectivity index (χ2n) is 8.30. The number of aliphatic carboxylic acids is 1. The minimum absolute atomic E-state index is 0.0185. The van der Waals surface area contributed by atoms with Gasteiger partial charge in [0.2, 0.25) is 18.2 Å². The first-order valence-corrected chi connectivity index (χ1v) is 12.2. The Labute approximate surface area is 224 Å². The maximum absolute atomic E-state index is 13.0. The zero-order valence-electron chi connectivity index (χ0n) is 20.6. The van der Waals surface area contributed by atoms with Crippen LogP contribution in [0.3, 0.4) is 0 Å². The van der Waals surface area contributed by atoms with Crippen molar-refractivity contribution < 1.29 is 19.4 Å². The fourth-order valence-electron chi connectivity index (χ4n) is 3.38. The van der Waals surface area contributed by atoms with Gasteiger partial charge in [0.25, 0.3) is 0 Å². The molecule has 5 N–H and O–H groups in total. The second kappa shape index (κ2) is 13.0. The Balaban J connectivity index is 1.93. The number of nitrogens with zero attached hydrogens (tertiary/aromatic N) is 3. The van der Waals surface area contributed by atoms with Crippen LogP contribution in [0, 0.1) is 0 Å². The number of nitrogens with one attached hydrogen (secondary N) is 4. The number of para-hydroxylation sites is 2. The molecule has 0 radical (unpaired) electrons. The van der Waals surface area contributed by atoms with Crippen LogP contribution in [0.4, 0.5) is 10.5 Å². The fourth-order valence-corrected chi connectivity index (χ4v) is 3.70. The molecule has 1 atom stereocenters. The summed E-state index contributed by atoms with van der Waals surface area (Å²) < 4.78 is 5.31. The summed E-state index contributed by atoms with van der Waals surface area (Å²) in [4.78, 5) is 34.9. The molecule has 1 heterocycles. The van der Waals surface area contributed by atoms with Gasteiger partial charge in [-0.25, -0.2) is 9.79 Å². The average Bonchev–Trinajstić information content (AvgIpc) is 2.83. The molecular weight excluding hydrogens is 521 g/mol. The van der Waals surface area contributed by atoms with E-state index in [-0.39, 0.29) is 25.6 Å². The van der Waals surface area contributed by atoms with Crippen LogP contribution in [0.5, 0.6) is 5.75 Å². The zero-order valence-corrected chi connectivity index (χ0v) is 22.1. The molecule has 1 aliphatic heterocycles. The quantitative estimate of drug-likeness (QED) is 0.321. The number of ether oxygens (including phenoxy) is 1. The first-order chi connectivity index (χ1) is 17.7. The van der Waals surface area contributed by atoms with E-state index in [1.165, 1.54) is 7.11 Å². The Morgan fingerprint density at radius 2 is 1.97 bits per heavy atom. The maximum atomic E-state index is 13.0. The Hall–Kier alpha value is -3.70. The zero-order chi connectivity index (χ0) is 26.9. The summed E-state index contributed by atoms with van der Waals surface area (Å²) in [5, 5.41) is 21.7. The van der Waals surface area contributed by atoms with E-state index in [2.05, 4.69) is 31.3 Å². The molecule has 11 nitrogen and oxygen atoms in total. The van der Waals surface area contributed by atoms with E-state index >= 15 is 0 Å². The number of halogens is 2. The number of carboxylic acids is 1. The highest BCUT2D eigenvalue weighted by molar-refractivity contribution is 6.42. The second-order valence-corrected chi connectivity index (χ2v) is 9.11. The first-order valence-electron chi connectivity index (χ1n) is 11.4. The Morgan fingerprint density at radius 3 is 2.65 bits per heavy atom. The number of rotatable bonds is 9. The number of hydrogen-bond acceptors (Lipinski definition) is 6. The lowest BCUT2D eigenvalue weighted by Gasteiger charge is -2.37. The van der Waals surface area contributed by atoms with Crippen molar-refractivity contribution in [3.05, 3.63) is 58.1 Å². The molecule has 0 fully saturated rings. The molecule has 0 spiro atoms. The van der Waals surface area contributed by atoms with E-state index in [0.717, 1.165) is 5.56 Å². The van der Waals surface area contributed by atoms with Crippen LogP contribution in [0.2, 0.25) is 10.0 Å². The van der Waals surface area contributed by atoms with Gasteiger partial charge in [0.05, 0.1) is 35.8 Å². The van der Waals surface area contributed by atoms with Crippen LogP contribution in [-0.4, -0.2) is 59.9 Å². The number of carbonyl (C=O) groups excluding carboxylic acids is 1. The SMILES string of the molecule is COc1ccccc1NC(=O)NC1N=C(NC(C)C)NC(=NCCC(=O)O)N1Cc1ccc(Cl)c(Cl)c1. The first kappa shape index (κ1) is 27.9. The van der Waals surface area contributed by atoms with E-state index < -0.39 is 18.3 Å². The van der Waals surface area contributed by atoms with Crippen LogP contribution in [0.15, 0.2) is 52.4 Å². The van der Waals surface area contributed by atoms with Gasteiger partial charge in [-0.2, -0.15) is 0 Å². The molecule has 1 unspecified atom stereocenters. The number of carboxylic acid groups (broad SMARTS) is 1. The largest absolute Gasteiger partial charge is 0.495 e. The number of guanidine groups is 2. The third-order valence-corrected chi connectivity index (χ3v) is 5.75. The summed E-state index contributed by atoms with van der Waals surface area (Å²) >= 11 is 12.3. The van der Waals surface area contributed by atoms with E-state index in [1.807, 2.05) is 13.8 Å². The highest BCUT2D eigenvalue weighted by Gasteiger charge is 2.30. The van der Waals surface area contributed by atoms with E-state index in [9.17, 15) is 9.59 Å². The molecule has 1 aliphatic rings. The van der Waals surface area contributed by atoms with Crippen molar-refractivity contribution in [2.24, 2.45) is 9.98 Å². The van der Waals surface area contributed by atoms with Crippen LogP contribution < -0.4 is 26.0 Å². The topological polar surface area (TPSA) is 140 Å². The van der Waals surface area contributed by atoms with Crippen molar-refractivity contribution in [3.8, 4) is 5.75 Å². The van der Waals surface area contributed by atoms with Gasteiger partial charge in [-0.3, -0.25) is 25.3 Å². The monoisotopic (exact) mass is 549 g/mol. The predicted octanol–water partition coefficient (Wildman–Crippen LogP) is 3.70. The molecule has 2 amide bonds. The Kier molecular flexibility index (Phi) is 9.81. The van der Waals surface area contributed by atoms with Crippen molar-refractivity contribution >= 4 is 52.8 Å². The molecule has 2 aromatic rings. The summed E-state index contributed by atoms with van der Waals surface area (Å²) in [5.41, 5.74) is 1.25. The minimum Gasteiger partial charge on any atom is -0.495 e.